The number of fused-ring (bicyclic) bond motifs is 1. The lowest BCUT2D eigenvalue weighted by Gasteiger charge is -2.41. The first kappa shape index (κ1) is 26.0. The number of rotatable bonds is 8. The Morgan fingerprint density at radius 2 is 1.74 bits per heavy atom. The van der Waals surface area contributed by atoms with E-state index in [1.54, 1.807) is 38.4 Å². The lowest BCUT2D eigenvalue weighted by Crippen LogP contribution is -2.49. The highest BCUT2D eigenvalue weighted by Gasteiger charge is 2.38. The van der Waals surface area contributed by atoms with Crippen LogP contribution in [0.5, 0.6) is 5.75 Å². The van der Waals surface area contributed by atoms with Crippen molar-refractivity contribution in [1.82, 2.24) is 14.0 Å². The van der Waals surface area contributed by atoms with Gasteiger partial charge < -0.3 is 9.64 Å². The van der Waals surface area contributed by atoms with Gasteiger partial charge in [0, 0.05) is 32.5 Å². The van der Waals surface area contributed by atoms with Gasteiger partial charge in [-0.05, 0) is 36.2 Å². The van der Waals surface area contributed by atoms with Crippen LogP contribution in [-0.2, 0) is 37.5 Å². The van der Waals surface area contributed by atoms with E-state index in [2.05, 4.69) is 4.90 Å². The lowest BCUT2D eigenvalue weighted by atomic mass is 10.00. The first-order chi connectivity index (χ1) is 18.1. The SMILES string of the molecule is COc1ccc(CN2C(=O)CCC(n3c(=O)n(C)c4c(N5CC(COS(C)(=O)=O)C5)cccc43)C2=O)cc1. The average molecular weight is 543 g/mol. The van der Waals surface area contributed by atoms with Gasteiger partial charge in [0.05, 0.1) is 43.2 Å². The Labute approximate surface area is 220 Å². The van der Waals surface area contributed by atoms with Gasteiger partial charge in [-0.3, -0.25) is 27.8 Å². The van der Waals surface area contributed by atoms with Crippen LogP contribution >= 0.6 is 0 Å². The number of carbonyl (C=O) groups is 2. The number of anilines is 1. The predicted molar refractivity (Wildman–Crippen MR) is 140 cm³/mol. The van der Waals surface area contributed by atoms with Crippen LogP contribution in [0, 0.1) is 5.92 Å². The number of hydrogen-bond acceptors (Lipinski definition) is 8. The largest absolute Gasteiger partial charge is 0.497 e. The maximum absolute atomic E-state index is 13.6. The number of para-hydroxylation sites is 1. The molecule has 1 atom stereocenters. The molecule has 1 unspecified atom stereocenters. The number of benzene rings is 2. The number of methoxy groups -OCH3 is 1. The van der Waals surface area contributed by atoms with E-state index in [9.17, 15) is 22.8 Å². The summed E-state index contributed by atoms with van der Waals surface area (Å²) in [5.74, 6) is 0.0620. The maximum atomic E-state index is 13.6. The van der Waals surface area contributed by atoms with Crippen molar-refractivity contribution in [2.75, 3.05) is 38.0 Å². The summed E-state index contributed by atoms with van der Waals surface area (Å²) in [5, 5.41) is 0. The summed E-state index contributed by atoms with van der Waals surface area (Å²) in [7, 11) is -0.267. The highest BCUT2D eigenvalue weighted by atomic mass is 32.2. The molecule has 2 aliphatic rings. The zero-order chi connectivity index (χ0) is 27.2. The third-order valence-electron chi connectivity index (χ3n) is 7.19. The lowest BCUT2D eigenvalue weighted by molar-refractivity contribution is -0.151. The highest BCUT2D eigenvalue weighted by molar-refractivity contribution is 7.85. The minimum absolute atomic E-state index is 0.0524. The number of carbonyl (C=O) groups excluding carboxylic acids is 2. The Kier molecular flexibility index (Phi) is 6.78. The Morgan fingerprint density at radius 3 is 2.39 bits per heavy atom. The van der Waals surface area contributed by atoms with E-state index >= 15 is 0 Å². The molecule has 12 heteroatoms. The molecule has 0 spiro atoms. The quantitative estimate of drug-likeness (QED) is 0.311. The number of nitrogens with zero attached hydrogens (tertiary/aromatic N) is 4. The van der Waals surface area contributed by atoms with Crippen LogP contribution in [-0.4, -0.2) is 67.3 Å². The highest BCUT2D eigenvalue weighted by Crippen LogP contribution is 2.34. The van der Waals surface area contributed by atoms with E-state index in [1.165, 1.54) is 14.0 Å². The van der Waals surface area contributed by atoms with Crippen LogP contribution in [0.2, 0.25) is 0 Å². The van der Waals surface area contributed by atoms with Gasteiger partial charge >= 0.3 is 5.69 Å². The first-order valence-corrected chi connectivity index (χ1v) is 14.2. The maximum Gasteiger partial charge on any atom is 0.329 e. The van der Waals surface area contributed by atoms with E-state index in [0.29, 0.717) is 29.9 Å². The fraction of sp³-hybridized carbons (Fsp3) is 0.423. The second kappa shape index (κ2) is 9.91. The molecule has 3 aromatic rings. The summed E-state index contributed by atoms with van der Waals surface area (Å²) in [5.41, 5.74) is 2.58. The first-order valence-electron chi connectivity index (χ1n) is 12.3. The van der Waals surface area contributed by atoms with Gasteiger partial charge in [-0.15, -0.1) is 0 Å². The fourth-order valence-electron chi connectivity index (χ4n) is 5.21. The summed E-state index contributed by atoms with van der Waals surface area (Å²) in [4.78, 5) is 43.1. The Morgan fingerprint density at radius 1 is 1.03 bits per heavy atom. The number of imidazole rings is 1. The molecular weight excluding hydrogens is 512 g/mol. The molecule has 3 heterocycles. The van der Waals surface area contributed by atoms with E-state index in [0.717, 1.165) is 17.5 Å². The summed E-state index contributed by atoms with van der Waals surface area (Å²) < 4.78 is 35.7. The van der Waals surface area contributed by atoms with Crippen LogP contribution in [0.4, 0.5) is 5.69 Å². The van der Waals surface area contributed by atoms with Crippen LogP contribution in [0.15, 0.2) is 47.3 Å². The van der Waals surface area contributed by atoms with Crippen molar-refractivity contribution >= 4 is 38.7 Å². The van der Waals surface area contributed by atoms with Crippen molar-refractivity contribution in [3.63, 3.8) is 0 Å². The van der Waals surface area contributed by atoms with Crippen molar-refractivity contribution in [3.05, 3.63) is 58.5 Å². The minimum Gasteiger partial charge on any atom is -0.497 e. The topological polar surface area (TPSA) is 120 Å². The molecule has 0 bridgehead atoms. The fourth-order valence-corrected chi connectivity index (χ4v) is 5.65. The van der Waals surface area contributed by atoms with Crippen molar-refractivity contribution in [2.45, 2.75) is 25.4 Å². The number of likely N-dealkylation sites (tertiary alicyclic amines) is 1. The van der Waals surface area contributed by atoms with Crippen LogP contribution in [0.25, 0.3) is 11.0 Å². The molecule has 2 aromatic carbocycles. The third-order valence-corrected chi connectivity index (χ3v) is 7.76. The molecule has 0 aliphatic carbocycles. The zero-order valence-electron chi connectivity index (χ0n) is 21.5. The average Bonchev–Trinajstić information content (AvgIpc) is 3.11. The Hall–Kier alpha value is -3.64. The predicted octanol–water partition coefficient (Wildman–Crippen LogP) is 1.65. The van der Waals surface area contributed by atoms with Gasteiger partial charge in [0.25, 0.3) is 16.0 Å². The van der Waals surface area contributed by atoms with Crippen LogP contribution in [0.3, 0.4) is 0 Å². The smallest absolute Gasteiger partial charge is 0.329 e. The summed E-state index contributed by atoms with van der Waals surface area (Å²) >= 11 is 0. The second-order valence-electron chi connectivity index (χ2n) is 9.84. The van der Waals surface area contributed by atoms with Crippen LogP contribution < -0.4 is 15.3 Å². The molecule has 38 heavy (non-hydrogen) atoms. The van der Waals surface area contributed by atoms with Crippen molar-refractivity contribution in [3.8, 4) is 5.75 Å². The van der Waals surface area contributed by atoms with Gasteiger partial charge in [-0.25, -0.2) is 4.79 Å². The zero-order valence-corrected chi connectivity index (χ0v) is 22.3. The second-order valence-corrected chi connectivity index (χ2v) is 11.5. The third kappa shape index (κ3) is 4.81. The van der Waals surface area contributed by atoms with Crippen LogP contribution in [0.1, 0.15) is 24.4 Å². The molecule has 2 aliphatic heterocycles. The number of hydrogen-bond donors (Lipinski definition) is 0. The van der Waals surface area contributed by atoms with Gasteiger partial charge in [0.15, 0.2) is 0 Å². The molecular formula is C26H30N4O7S. The molecule has 11 nitrogen and oxygen atoms in total. The number of aromatic nitrogens is 2. The van der Waals surface area contributed by atoms with Crippen molar-refractivity contribution < 1.29 is 26.9 Å². The van der Waals surface area contributed by atoms with E-state index in [4.69, 9.17) is 8.92 Å². The summed E-state index contributed by atoms with van der Waals surface area (Å²) in [6.45, 7) is 1.40. The molecule has 2 saturated heterocycles. The molecule has 1 aromatic heterocycles. The molecule has 0 N–H and O–H groups in total. The molecule has 2 fully saturated rings. The van der Waals surface area contributed by atoms with Gasteiger partial charge in [-0.1, -0.05) is 18.2 Å². The normalized spacial score (nSPS) is 18.8. The van der Waals surface area contributed by atoms with E-state index < -0.39 is 22.1 Å². The summed E-state index contributed by atoms with van der Waals surface area (Å²) in [6, 6.07) is 11.9. The summed E-state index contributed by atoms with van der Waals surface area (Å²) in [6.07, 6.45) is 1.43. The van der Waals surface area contributed by atoms with Crippen molar-refractivity contribution in [1.29, 1.82) is 0 Å². The molecule has 5 rings (SSSR count). The Balaban J connectivity index is 1.42. The molecule has 0 radical (unpaired) electrons. The van der Waals surface area contributed by atoms with Crippen molar-refractivity contribution in [2.24, 2.45) is 13.0 Å². The van der Waals surface area contributed by atoms with Gasteiger partial charge in [-0.2, -0.15) is 8.42 Å². The monoisotopic (exact) mass is 542 g/mol. The Bertz CT molecular complexity index is 1550. The number of aryl methyl sites for hydroxylation is 1. The number of amides is 2. The minimum atomic E-state index is -3.50. The number of piperidine rings is 1. The number of ether oxygens (including phenoxy) is 1. The van der Waals surface area contributed by atoms with E-state index in [-0.39, 0.29) is 43.5 Å². The standard InChI is InChI=1S/C26H30N4O7S/c1-27-24-20(28-13-18(14-28)16-37-38(3,34)35)5-4-6-21(24)30(26(27)33)22-11-12-23(31)29(25(22)32)15-17-7-9-19(36-2)10-8-17/h4-10,18,22H,11-16H2,1-3H3. The number of imide groups is 1. The van der Waals surface area contributed by atoms with Gasteiger partial charge in [0.2, 0.25) is 5.91 Å². The molecule has 2 amide bonds. The molecule has 0 saturated carbocycles. The van der Waals surface area contributed by atoms with E-state index in [1.807, 2.05) is 18.2 Å². The van der Waals surface area contributed by atoms with Gasteiger partial charge in [0.1, 0.15) is 11.8 Å². The molecule has 202 valence electrons.